The lowest BCUT2D eigenvalue weighted by Gasteiger charge is -2.20. The van der Waals surface area contributed by atoms with E-state index in [1.165, 1.54) is 11.8 Å². The summed E-state index contributed by atoms with van der Waals surface area (Å²) in [6.45, 7) is 2.62. The van der Waals surface area contributed by atoms with E-state index >= 15 is 0 Å². The van der Waals surface area contributed by atoms with Gasteiger partial charge in [0.1, 0.15) is 23.2 Å². The van der Waals surface area contributed by atoms with Gasteiger partial charge < -0.3 is 14.4 Å². The molecular weight excluding hydrogens is 536 g/mol. The molecule has 204 valence electrons. The lowest BCUT2D eigenvalue weighted by Crippen LogP contribution is -2.23. The second-order valence-electron chi connectivity index (χ2n) is 9.28. The second kappa shape index (κ2) is 11.8. The number of benzene rings is 2. The van der Waals surface area contributed by atoms with Gasteiger partial charge in [-0.25, -0.2) is 23.5 Å². The number of aromatic nitrogens is 2. The summed E-state index contributed by atoms with van der Waals surface area (Å²) < 4.78 is 38.4. The van der Waals surface area contributed by atoms with Crippen molar-refractivity contribution in [3.63, 3.8) is 0 Å². The van der Waals surface area contributed by atoms with Gasteiger partial charge in [0.2, 0.25) is 5.39 Å². The largest absolute Gasteiger partial charge is 0.487 e. The third-order valence-electron chi connectivity index (χ3n) is 6.56. The van der Waals surface area contributed by atoms with E-state index in [-0.39, 0.29) is 24.2 Å². The quantitative estimate of drug-likeness (QED) is 0.190. The van der Waals surface area contributed by atoms with Crippen LogP contribution in [0.2, 0.25) is 0 Å². The van der Waals surface area contributed by atoms with E-state index in [0.717, 1.165) is 34.6 Å². The fourth-order valence-electron chi connectivity index (χ4n) is 4.63. The minimum Gasteiger partial charge on any atom is -0.487 e. The van der Waals surface area contributed by atoms with Gasteiger partial charge in [0.25, 0.3) is 0 Å². The van der Waals surface area contributed by atoms with Crippen molar-refractivity contribution in [2.24, 2.45) is 0 Å². The smallest absolute Gasteiger partial charge is 0.416 e. The Morgan fingerprint density at radius 2 is 2.00 bits per heavy atom. The van der Waals surface area contributed by atoms with E-state index < -0.39 is 23.6 Å². The van der Waals surface area contributed by atoms with E-state index in [0.29, 0.717) is 28.9 Å². The molecule has 40 heavy (non-hydrogen) atoms. The highest BCUT2D eigenvalue weighted by atomic mass is 32.2. The molecule has 2 aromatic carbocycles. The number of thioether (sulfide) groups is 1. The van der Waals surface area contributed by atoms with Gasteiger partial charge in [-0.05, 0) is 48.4 Å². The summed E-state index contributed by atoms with van der Waals surface area (Å²) in [6, 6.07) is 14.2. The normalized spacial score (nSPS) is 15.0. The van der Waals surface area contributed by atoms with Crippen LogP contribution in [0, 0.1) is 17.0 Å². The molecule has 1 aliphatic rings. The summed E-state index contributed by atoms with van der Waals surface area (Å²) in [6.07, 6.45) is 1.74. The Hall–Kier alpha value is -4.30. The van der Waals surface area contributed by atoms with Crippen LogP contribution in [0.25, 0.3) is 15.9 Å². The van der Waals surface area contributed by atoms with Crippen LogP contribution in [0.3, 0.4) is 0 Å². The minimum absolute atomic E-state index is 0.123. The molecule has 0 saturated carbocycles. The van der Waals surface area contributed by atoms with Gasteiger partial charge in [-0.3, -0.25) is 0 Å². The maximum atomic E-state index is 13.7. The first kappa shape index (κ1) is 27.3. The summed E-state index contributed by atoms with van der Waals surface area (Å²) in [5.74, 6) is -0.847. The molecule has 0 amide bonds. The number of carbonyl (C=O) groups excluding carboxylic acids is 1. The number of halogens is 2. The van der Waals surface area contributed by atoms with Crippen LogP contribution < -0.4 is 9.64 Å². The van der Waals surface area contributed by atoms with Gasteiger partial charge in [-0.1, -0.05) is 18.2 Å². The Morgan fingerprint density at radius 1 is 1.18 bits per heavy atom. The summed E-state index contributed by atoms with van der Waals surface area (Å²) in [5.41, 5.74) is 3.90. The number of nitrogens with zero attached hydrogens (tertiary/aromatic N) is 5. The van der Waals surface area contributed by atoms with Crippen molar-refractivity contribution in [2.45, 2.75) is 31.4 Å². The maximum absolute atomic E-state index is 13.7. The fraction of sp³-hybridized carbons (Fsp3) is 0.276. The van der Waals surface area contributed by atoms with Gasteiger partial charge in [-0.2, -0.15) is 0 Å². The molecule has 3 heterocycles. The van der Waals surface area contributed by atoms with Crippen molar-refractivity contribution < 1.29 is 23.0 Å². The van der Waals surface area contributed by atoms with E-state index in [9.17, 15) is 19.0 Å². The molecule has 2 atom stereocenters. The number of carbonyl (C=O) groups is 1. The average molecular weight is 563 g/mol. The summed E-state index contributed by atoms with van der Waals surface area (Å²) >= 11 is 1.46. The molecule has 1 aliphatic heterocycles. The van der Waals surface area contributed by atoms with Gasteiger partial charge in [0.05, 0.1) is 28.8 Å². The third-order valence-corrected chi connectivity index (χ3v) is 7.91. The Labute approximate surface area is 234 Å². The summed E-state index contributed by atoms with van der Waals surface area (Å²) in [4.78, 5) is 26.6. The molecule has 0 saturated heterocycles. The summed E-state index contributed by atoms with van der Waals surface area (Å²) in [7, 11) is 1.97. The van der Waals surface area contributed by atoms with Crippen LogP contribution in [0.15, 0.2) is 60.8 Å². The monoisotopic (exact) mass is 562 g/mol. The van der Waals surface area contributed by atoms with Gasteiger partial charge >= 0.3 is 12.0 Å². The van der Waals surface area contributed by atoms with Crippen LogP contribution in [0.5, 0.6) is 5.75 Å². The number of anilines is 1. The van der Waals surface area contributed by atoms with Crippen LogP contribution >= 0.6 is 11.8 Å². The molecule has 0 radical (unpaired) electrons. The van der Waals surface area contributed by atoms with Crippen LogP contribution in [-0.2, 0) is 22.7 Å². The molecule has 0 spiro atoms. The van der Waals surface area contributed by atoms with Crippen LogP contribution in [0.1, 0.15) is 34.6 Å². The van der Waals surface area contributed by atoms with E-state index in [1.807, 2.05) is 37.4 Å². The van der Waals surface area contributed by atoms with Crippen LogP contribution in [0.4, 0.5) is 14.6 Å². The predicted molar refractivity (Wildman–Crippen MR) is 149 cm³/mol. The second-order valence-corrected chi connectivity index (χ2v) is 10.4. The number of rotatable bonds is 8. The van der Waals surface area contributed by atoms with Crippen molar-refractivity contribution in [2.75, 3.05) is 24.3 Å². The van der Waals surface area contributed by atoms with Gasteiger partial charge in [0, 0.05) is 36.8 Å². The average Bonchev–Trinajstić information content (AvgIpc) is 3.07. The number of hydrogen-bond acceptors (Lipinski definition) is 8. The summed E-state index contributed by atoms with van der Waals surface area (Å²) in [5, 5.41) is 9.75. The Bertz CT molecular complexity index is 1610. The standard InChI is InChI=1S/C29H26F2N5O3S/c1-3-38-29(37)26(35-32)16-40-27-21-5-4-10-33-28(21)36(2)14-18-7-9-20(12-22(18)27)39-15-19-8-6-17-11-23(30)24(31)13-25(17)34-19/h4-13,26-27H,3,14-16H2,1-2H3/q+1. The highest BCUT2D eigenvalue weighted by Crippen LogP contribution is 2.45. The molecule has 5 rings (SSSR count). The first-order valence-corrected chi connectivity index (χ1v) is 13.7. The number of pyridine rings is 2. The van der Waals surface area contributed by atoms with E-state index in [2.05, 4.69) is 19.8 Å². The van der Waals surface area contributed by atoms with Gasteiger partial charge in [-0.15, -0.1) is 11.8 Å². The topological polar surface area (TPSA) is 92.7 Å². The molecule has 2 aromatic heterocycles. The number of ether oxygens (including phenoxy) is 2. The fourth-order valence-corrected chi connectivity index (χ4v) is 5.97. The molecular formula is C29H26F2N5O3S+. The molecule has 4 aromatic rings. The molecule has 11 heteroatoms. The first-order chi connectivity index (χ1) is 19.4. The number of esters is 1. The number of hydrogen-bond donors (Lipinski definition) is 0. The van der Waals surface area contributed by atoms with Crippen molar-refractivity contribution in [1.82, 2.24) is 9.97 Å². The van der Waals surface area contributed by atoms with Crippen molar-refractivity contribution in [1.29, 1.82) is 5.39 Å². The molecule has 0 N–H and O–H groups in total. The molecule has 0 fully saturated rings. The Morgan fingerprint density at radius 3 is 2.80 bits per heavy atom. The lowest BCUT2D eigenvalue weighted by molar-refractivity contribution is -0.143. The third kappa shape index (κ3) is 5.67. The highest BCUT2D eigenvalue weighted by Gasteiger charge is 2.35. The van der Waals surface area contributed by atoms with Gasteiger partial charge in [0.15, 0.2) is 11.6 Å². The van der Waals surface area contributed by atoms with E-state index in [4.69, 9.17) is 9.47 Å². The highest BCUT2D eigenvalue weighted by molar-refractivity contribution is 7.99. The lowest BCUT2D eigenvalue weighted by atomic mass is 10.0. The van der Waals surface area contributed by atoms with Crippen molar-refractivity contribution in [3.8, 4) is 5.75 Å². The van der Waals surface area contributed by atoms with E-state index in [1.54, 1.807) is 25.3 Å². The zero-order chi connectivity index (χ0) is 28.2. The molecule has 2 unspecified atom stereocenters. The Kier molecular flexibility index (Phi) is 8.07. The zero-order valence-corrected chi connectivity index (χ0v) is 22.7. The van der Waals surface area contributed by atoms with Crippen molar-refractivity contribution in [3.05, 3.63) is 99.8 Å². The Balaban J connectivity index is 1.43. The zero-order valence-electron chi connectivity index (χ0n) is 21.9. The number of diazo groups is 1. The minimum atomic E-state index is -1.02. The molecule has 0 aliphatic carbocycles. The number of fused-ring (bicyclic) bond motifs is 3. The van der Waals surface area contributed by atoms with Crippen LogP contribution in [-0.4, -0.2) is 41.4 Å². The van der Waals surface area contributed by atoms with Crippen molar-refractivity contribution >= 4 is 34.5 Å². The SMILES string of the molecule is CCOC(=O)C(CSC1c2cc(OCc3ccc4cc(F)c(F)cc4n3)ccc2CN(C)c2ncccc21)[N+]#N. The first-order valence-electron chi connectivity index (χ1n) is 12.7. The molecule has 0 bridgehead atoms. The predicted octanol–water partition coefficient (Wildman–Crippen LogP) is 6.04. The maximum Gasteiger partial charge on any atom is 0.416 e. The molecule has 8 nitrogen and oxygen atoms in total.